The summed E-state index contributed by atoms with van der Waals surface area (Å²) in [4.78, 5) is 15.8. The van der Waals surface area contributed by atoms with E-state index in [9.17, 15) is 13.6 Å². The Morgan fingerprint density at radius 1 is 1.53 bits per heavy atom. The molecule has 0 aliphatic carbocycles. The van der Waals surface area contributed by atoms with Gasteiger partial charge in [-0.1, -0.05) is 6.07 Å². The van der Waals surface area contributed by atoms with Gasteiger partial charge < -0.3 is 10.6 Å². The molecule has 1 atom stereocenters. The molecule has 0 spiro atoms. The lowest BCUT2D eigenvalue weighted by molar-refractivity contribution is -0.127. The summed E-state index contributed by atoms with van der Waals surface area (Å²) in [5.74, 6) is -3.19. The van der Waals surface area contributed by atoms with E-state index in [1.165, 1.54) is 0 Å². The molecule has 19 heavy (non-hydrogen) atoms. The van der Waals surface area contributed by atoms with Crippen molar-refractivity contribution in [3.63, 3.8) is 0 Å². The number of amides is 1. The first-order valence-corrected chi connectivity index (χ1v) is 6.36. The molecule has 2 rings (SSSR count). The summed E-state index contributed by atoms with van der Waals surface area (Å²) in [5, 5.41) is 5.26. The highest BCUT2D eigenvalue weighted by molar-refractivity contribution is 5.76. The Labute approximate surface area is 110 Å². The average molecular weight is 269 g/mol. The van der Waals surface area contributed by atoms with Gasteiger partial charge in [0.2, 0.25) is 5.91 Å². The molecule has 0 bridgehead atoms. The Hall–Kier alpha value is -1.56. The number of halogens is 2. The molecular weight excluding hydrogens is 252 g/mol. The second-order valence-electron chi connectivity index (χ2n) is 4.66. The van der Waals surface area contributed by atoms with Crippen LogP contribution in [0.3, 0.4) is 0 Å². The lowest BCUT2D eigenvalue weighted by Crippen LogP contribution is -2.57. The van der Waals surface area contributed by atoms with Crippen LogP contribution in [0.25, 0.3) is 0 Å². The molecule has 0 unspecified atom stereocenters. The third-order valence-electron chi connectivity index (χ3n) is 3.16. The average Bonchev–Trinajstić information content (AvgIpc) is 2.40. The number of aryl methyl sites for hydroxylation is 1. The summed E-state index contributed by atoms with van der Waals surface area (Å²) in [6.45, 7) is 0.398. The minimum absolute atomic E-state index is 0.113. The maximum absolute atomic E-state index is 13.5. The molecule has 4 nitrogen and oxygen atoms in total. The van der Waals surface area contributed by atoms with E-state index in [1.807, 2.05) is 12.1 Å². The van der Waals surface area contributed by atoms with Crippen LogP contribution in [0, 0.1) is 0 Å². The van der Waals surface area contributed by atoms with Gasteiger partial charge in [-0.05, 0) is 18.6 Å². The van der Waals surface area contributed by atoms with E-state index in [2.05, 4.69) is 15.6 Å². The van der Waals surface area contributed by atoms with Gasteiger partial charge in [-0.25, -0.2) is 8.78 Å². The monoisotopic (exact) mass is 269 g/mol. The highest BCUT2D eigenvalue weighted by Gasteiger charge is 2.42. The van der Waals surface area contributed by atoms with Gasteiger partial charge in [0.25, 0.3) is 5.92 Å². The maximum atomic E-state index is 13.5. The minimum Gasteiger partial charge on any atom is -0.346 e. The van der Waals surface area contributed by atoms with Crippen molar-refractivity contribution >= 4 is 5.91 Å². The van der Waals surface area contributed by atoms with Gasteiger partial charge in [-0.3, -0.25) is 9.78 Å². The van der Waals surface area contributed by atoms with Crippen LogP contribution >= 0.6 is 0 Å². The summed E-state index contributed by atoms with van der Waals surface area (Å²) in [7, 11) is 0. The molecule has 1 saturated heterocycles. The van der Waals surface area contributed by atoms with Crippen molar-refractivity contribution < 1.29 is 13.6 Å². The van der Waals surface area contributed by atoms with Crippen LogP contribution in [-0.4, -0.2) is 35.9 Å². The van der Waals surface area contributed by atoms with E-state index in [4.69, 9.17) is 0 Å². The predicted octanol–water partition coefficient (Wildman–Crippen LogP) is 1.13. The van der Waals surface area contributed by atoms with Crippen molar-refractivity contribution in [2.75, 3.05) is 13.1 Å². The molecule has 6 heteroatoms. The third kappa shape index (κ3) is 3.96. The molecule has 2 N–H and O–H groups in total. The number of pyridine rings is 1. The Kier molecular flexibility index (Phi) is 4.42. The lowest BCUT2D eigenvalue weighted by Gasteiger charge is -2.32. The topological polar surface area (TPSA) is 54.0 Å². The zero-order valence-electron chi connectivity index (χ0n) is 10.5. The number of piperidine rings is 1. The van der Waals surface area contributed by atoms with Crippen molar-refractivity contribution in [2.45, 2.75) is 31.2 Å². The number of aromatic nitrogens is 1. The molecule has 1 aromatic rings. The number of nitrogens with zero attached hydrogens (tertiary/aromatic N) is 1. The fraction of sp³-hybridized carbons (Fsp3) is 0.538. The molecule has 2 heterocycles. The highest BCUT2D eigenvalue weighted by Crippen LogP contribution is 2.25. The van der Waals surface area contributed by atoms with E-state index in [0.29, 0.717) is 6.42 Å². The lowest BCUT2D eigenvalue weighted by atomic mass is 10.0. The van der Waals surface area contributed by atoms with Crippen molar-refractivity contribution in [1.82, 2.24) is 15.6 Å². The van der Waals surface area contributed by atoms with E-state index in [-0.39, 0.29) is 31.8 Å². The molecule has 1 fully saturated rings. The Morgan fingerprint density at radius 2 is 2.37 bits per heavy atom. The van der Waals surface area contributed by atoms with Gasteiger partial charge in [0.05, 0.1) is 0 Å². The van der Waals surface area contributed by atoms with Gasteiger partial charge in [-0.2, -0.15) is 0 Å². The molecule has 1 aliphatic heterocycles. The summed E-state index contributed by atoms with van der Waals surface area (Å²) in [5.41, 5.74) is 0.783. The molecule has 0 radical (unpaired) electrons. The number of nitrogens with one attached hydrogen (secondary N) is 2. The van der Waals surface area contributed by atoms with Crippen molar-refractivity contribution in [1.29, 1.82) is 0 Å². The largest absolute Gasteiger partial charge is 0.346 e. The smallest absolute Gasteiger partial charge is 0.270 e. The SMILES string of the molecule is O=C(CCc1ccccn1)N[C@H]1CNCCC1(F)F. The second kappa shape index (κ2) is 6.06. The number of rotatable bonds is 4. The standard InChI is InChI=1S/C13H17F2N3O/c14-13(15)6-8-16-9-11(13)18-12(19)5-4-10-3-1-2-7-17-10/h1-3,7,11,16H,4-6,8-9H2,(H,18,19)/t11-/m0/s1. The number of hydrogen-bond acceptors (Lipinski definition) is 3. The van der Waals surface area contributed by atoms with Gasteiger partial charge in [0.15, 0.2) is 0 Å². The van der Waals surface area contributed by atoms with Crippen LogP contribution < -0.4 is 10.6 Å². The van der Waals surface area contributed by atoms with Gasteiger partial charge >= 0.3 is 0 Å². The Bertz CT molecular complexity index is 425. The molecule has 1 aromatic heterocycles. The molecule has 0 saturated carbocycles. The molecule has 104 valence electrons. The maximum Gasteiger partial charge on any atom is 0.270 e. The van der Waals surface area contributed by atoms with E-state index >= 15 is 0 Å². The number of alkyl halides is 2. The summed E-state index contributed by atoms with van der Waals surface area (Å²) >= 11 is 0. The molecule has 0 aromatic carbocycles. The quantitative estimate of drug-likeness (QED) is 0.861. The van der Waals surface area contributed by atoms with Crippen molar-refractivity contribution in [3.8, 4) is 0 Å². The van der Waals surface area contributed by atoms with Crippen LogP contribution in [0.2, 0.25) is 0 Å². The van der Waals surface area contributed by atoms with Gasteiger partial charge in [0.1, 0.15) is 6.04 Å². The van der Waals surface area contributed by atoms with Crippen LogP contribution in [0.15, 0.2) is 24.4 Å². The summed E-state index contributed by atoms with van der Waals surface area (Å²) in [6.07, 6.45) is 2.03. The molecule has 1 amide bonds. The fourth-order valence-electron chi connectivity index (χ4n) is 2.04. The predicted molar refractivity (Wildman–Crippen MR) is 66.9 cm³/mol. The highest BCUT2D eigenvalue weighted by atomic mass is 19.3. The van der Waals surface area contributed by atoms with Gasteiger partial charge in [-0.15, -0.1) is 0 Å². The molecule has 1 aliphatic rings. The first-order valence-electron chi connectivity index (χ1n) is 6.36. The van der Waals surface area contributed by atoms with E-state index < -0.39 is 12.0 Å². The number of carbonyl (C=O) groups is 1. The van der Waals surface area contributed by atoms with E-state index in [1.54, 1.807) is 12.3 Å². The normalized spacial score (nSPS) is 21.9. The van der Waals surface area contributed by atoms with Crippen molar-refractivity contribution in [2.24, 2.45) is 0 Å². The van der Waals surface area contributed by atoms with E-state index in [0.717, 1.165) is 5.69 Å². The first kappa shape index (κ1) is 13.9. The Morgan fingerprint density at radius 3 is 3.05 bits per heavy atom. The van der Waals surface area contributed by atoms with Gasteiger partial charge in [0, 0.05) is 37.8 Å². The summed E-state index contributed by atoms with van der Waals surface area (Å²) < 4.78 is 27.1. The first-order chi connectivity index (χ1) is 9.08. The summed E-state index contributed by atoms with van der Waals surface area (Å²) in [6, 6.07) is 4.32. The van der Waals surface area contributed by atoms with Crippen LogP contribution in [-0.2, 0) is 11.2 Å². The zero-order valence-corrected chi connectivity index (χ0v) is 10.5. The number of hydrogen-bond donors (Lipinski definition) is 2. The number of carbonyl (C=O) groups excluding carboxylic acids is 1. The third-order valence-corrected chi connectivity index (χ3v) is 3.16. The van der Waals surface area contributed by atoms with Crippen LogP contribution in [0.5, 0.6) is 0 Å². The second-order valence-corrected chi connectivity index (χ2v) is 4.66. The molecular formula is C13H17F2N3O. The Balaban J connectivity index is 1.81. The zero-order chi connectivity index (χ0) is 13.7. The van der Waals surface area contributed by atoms with Crippen LogP contribution in [0.4, 0.5) is 8.78 Å². The fourth-order valence-corrected chi connectivity index (χ4v) is 2.04. The van der Waals surface area contributed by atoms with Crippen LogP contribution in [0.1, 0.15) is 18.5 Å². The minimum atomic E-state index is -2.83. The van der Waals surface area contributed by atoms with Crippen molar-refractivity contribution in [3.05, 3.63) is 30.1 Å².